The van der Waals surface area contributed by atoms with Crippen molar-refractivity contribution in [3.05, 3.63) is 35.7 Å². The number of benzene rings is 1. The summed E-state index contributed by atoms with van der Waals surface area (Å²) in [4.78, 5) is 0. The van der Waals surface area contributed by atoms with Gasteiger partial charge in [-0.2, -0.15) is 0 Å². The molecule has 0 N–H and O–H groups in total. The number of aromatic nitrogens is 2. The van der Waals surface area contributed by atoms with Gasteiger partial charge in [-0.05, 0) is 36.5 Å². The Bertz CT molecular complexity index is 554. The van der Waals surface area contributed by atoms with E-state index in [0.29, 0.717) is 17.7 Å². The predicted octanol–water partition coefficient (Wildman–Crippen LogP) is 3.75. The Morgan fingerprint density at radius 2 is 1.75 bits per heavy atom. The average molecular weight is 272 g/mol. The normalized spacial score (nSPS) is 16.8. The fourth-order valence-electron chi connectivity index (χ4n) is 2.47. The Labute approximate surface area is 119 Å². The molecule has 0 atom stereocenters. The molecule has 20 heavy (non-hydrogen) atoms. The fraction of sp³-hybridized carbons (Fsp3) is 0.500. The minimum Gasteiger partial charge on any atom is -0.420 e. The highest BCUT2D eigenvalue weighted by atomic mass is 16.5. The van der Waals surface area contributed by atoms with Gasteiger partial charge in [-0.15, -0.1) is 10.2 Å². The summed E-state index contributed by atoms with van der Waals surface area (Å²) in [5.74, 6) is 2.24. The van der Waals surface area contributed by atoms with Crippen LogP contribution in [0.25, 0.3) is 11.5 Å². The third kappa shape index (κ3) is 2.75. The number of rotatable bonds is 3. The van der Waals surface area contributed by atoms with Gasteiger partial charge in [0.15, 0.2) is 0 Å². The standard InChI is InChI=1S/C16H20N2O2/c1-11(2)12-3-5-13(6-4-12)15-17-18-16(20-15)14-7-9-19-10-8-14/h3-6,11,14H,7-10H2,1-2H3. The van der Waals surface area contributed by atoms with Gasteiger partial charge in [0.25, 0.3) is 0 Å². The first-order chi connectivity index (χ1) is 9.74. The molecule has 2 heterocycles. The van der Waals surface area contributed by atoms with Crippen LogP contribution >= 0.6 is 0 Å². The maximum atomic E-state index is 5.83. The van der Waals surface area contributed by atoms with Crippen molar-refractivity contribution in [3.8, 4) is 11.5 Å². The third-order valence-electron chi connectivity index (χ3n) is 3.84. The lowest BCUT2D eigenvalue weighted by atomic mass is 10.0. The summed E-state index contributed by atoms with van der Waals surface area (Å²) in [5, 5.41) is 8.38. The van der Waals surface area contributed by atoms with Crippen molar-refractivity contribution in [2.45, 2.75) is 38.5 Å². The van der Waals surface area contributed by atoms with Gasteiger partial charge in [0.1, 0.15) is 0 Å². The van der Waals surface area contributed by atoms with Crippen LogP contribution < -0.4 is 0 Å². The van der Waals surface area contributed by atoms with Crippen molar-refractivity contribution < 1.29 is 9.15 Å². The van der Waals surface area contributed by atoms with Gasteiger partial charge in [0.2, 0.25) is 11.8 Å². The van der Waals surface area contributed by atoms with E-state index in [0.717, 1.165) is 37.5 Å². The molecular formula is C16H20N2O2. The lowest BCUT2D eigenvalue weighted by Crippen LogP contribution is -2.14. The van der Waals surface area contributed by atoms with Crippen LogP contribution in [0.4, 0.5) is 0 Å². The number of hydrogen-bond donors (Lipinski definition) is 0. The molecule has 1 aromatic heterocycles. The average Bonchev–Trinajstić information content (AvgIpc) is 2.98. The van der Waals surface area contributed by atoms with Crippen molar-refractivity contribution in [2.75, 3.05) is 13.2 Å². The second-order valence-corrected chi connectivity index (χ2v) is 5.61. The van der Waals surface area contributed by atoms with E-state index in [1.54, 1.807) is 0 Å². The summed E-state index contributed by atoms with van der Waals surface area (Å²) >= 11 is 0. The van der Waals surface area contributed by atoms with Crippen molar-refractivity contribution in [2.24, 2.45) is 0 Å². The molecule has 0 spiro atoms. The largest absolute Gasteiger partial charge is 0.420 e. The molecule has 0 unspecified atom stereocenters. The van der Waals surface area contributed by atoms with Crippen LogP contribution in [0.15, 0.2) is 28.7 Å². The predicted molar refractivity (Wildman–Crippen MR) is 76.6 cm³/mol. The second kappa shape index (κ2) is 5.75. The molecule has 4 heteroatoms. The van der Waals surface area contributed by atoms with E-state index < -0.39 is 0 Å². The molecule has 1 saturated heterocycles. The van der Waals surface area contributed by atoms with Crippen molar-refractivity contribution in [1.82, 2.24) is 10.2 Å². The maximum absolute atomic E-state index is 5.83. The zero-order chi connectivity index (χ0) is 13.9. The van der Waals surface area contributed by atoms with Crippen LogP contribution in [0.1, 0.15) is 50.0 Å². The van der Waals surface area contributed by atoms with E-state index in [2.05, 4.69) is 48.3 Å². The first kappa shape index (κ1) is 13.3. The summed E-state index contributed by atoms with van der Waals surface area (Å²) in [6, 6.07) is 8.35. The van der Waals surface area contributed by atoms with Gasteiger partial charge in [0, 0.05) is 24.7 Å². The molecular weight excluding hydrogens is 252 g/mol. The molecule has 106 valence electrons. The van der Waals surface area contributed by atoms with Crippen LogP contribution in [-0.2, 0) is 4.74 Å². The Balaban J connectivity index is 1.78. The Hall–Kier alpha value is -1.68. The molecule has 1 aliphatic heterocycles. The Kier molecular flexibility index (Phi) is 3.83. The fourth-order valence-corrected chi connectivity index (χ4v) is 2.47. The van der Waals surface area contributed by atoms with Crippen LogP contribution in [0.5, 0.6) is 0 Å². The maximum Gasteiger partial charge on any atom is 0.247 e. The van der Waals surface area contributed by atoms with Gasteiger partial charge < -0.3 is 9.15 Å². The van der Waals surface area contributed by atoms with Gasteiger partial charge >= 0.3 is 0 Å². The molecule has 0 bridgehead atoms. The molecule has 3 rings (SSSR count). The highest BCUT2D eigenvalue weighted by Crippen LogP contribution is 2.28. The SMILES string of the molecule is CC(C)c1ccc(-c2nnc(C3CCOCC3)o2)cc1. The number of hydrogen-bond acceptors (Lipinski definition) is 4. The topological polar surface area (TPSA) is 48.2 Å². The molecule has 1 fully saturated rings. The molecule has 1 aliphatic rings. The van der Waals surface area contributed by atoms with E-state index in [9.17, 15) is 0 Å². The van der Waals surface area contributed by atoms with Crippen LogP contribution in [0.3, 0.4) is 0 Å². The Morgan fingerprint density at radius 3 is 2.40 bits per heavy atom. The molecule has 1 aromatic carbocycles. The van der Waals surface area contributed by atoms with Gasteiger partial charge in [-0.3, -0.25) is 0 Å². The second-order valence-electron chi connectivity index (χ2n) is 5.61. The highest BCUT2D eigenvalue weighted by molar-refractivity contribution is 5.53. The number of ether oxygens (including phenoxy) is 1. The molecule has 2 aromatic rings. The highest BCUT2D eigenvalue weighted by Gasteiger charge is 2.22. The van der Waals surface area contributed by atoms with Crippen LogP contribution in [0.2, 0.25) is 0 Å². The van der Waals surface area contributed by atoms with E-state index in [4.69, 9.17) is 9.15 Å². The van der Waals surface area contributed by atoms with Crippen LogP contribution in [-0.4, -0.2) is 23.4 Å². The summed E-state index contributed by atoms with van der Waals surface area (Å²) in [6.45, 7) is 5.94. The van der Waals surface area contributed by atoms with Crippen molar-refractivity contribution >= 4 is 0 Å². The van der Waals surface area contributed by atoms with Crippen molar-refractivity contribution in [1.29, 1.82) is 0 Å². The zero-order valence-electron chi connectivity index (χ0n) is 12.0. The molecule has 0 radical (unpaired) electrons. The monoisotopic (exact) mass is 272 g/mol. The lowest BCUT2D eigenvalue weighted by Gasteiger charge is -2.18. The van der Waals surface area contributed by atoms with E-state index in [-0.39, 0.29) is 0 Å². The first-order valence-electron chi connectivity index (χ1n) is 7.25. The molecule has 0 aliphatic carbocycles. The van der Waals surface area contributed by atoms with Gasteiger partial charge in [0.05, 0.1) is 0 Å². The summed E-state index contributed by atoms with van der Waals surface area (Å²) in [5.41, 5.74) is 2.30. The van der Waals surface area contributed by atoms with Crippen LogP contribution in [0, 0.1) is 0 Å². The van der Waals surface area contributed by atoms with E-state index in [1.165, 1.54) is 5.56 Å². The summed E-state index contributed by atoms with van der Waals surface area (Å²) < 4.78 is 11.2. The lowest BCUT2D eigenvalue weighted by molar-refractivity contribution is 0.0795. The molecule has 0 saturated carbocycles. The minimum absolute atomic E-state index is 0.347. The van der Waals surface area contributed by atoms with Gasteiger partial charge in [-0.1, -0.05) is 26.0 Å². The van der Waals surface area contributed by atoms with Crippen molar-refractivity contribution in [3.63, 3.8) is 0 Å². The van der Waals surface area contributed by atoms with E-state index in [1.807, 2.05) is 0 Å². The third-order valence-corrected chi connectivity index (χ3v) is 3.84. The number of nitrogens with zero attached hydrogens (tertiary/aromatic N) is 2. The molecule has 4 nitrogen and oxygen atoms in total. The van der Waals surface area contributed by atoms with Gasteiger partial charge in [-0.25, -0.2) is 0 Å². The quantitative estimate of drug-likeness (QED) is 0.853. The Morgan fingerprint density at radius 1 is 1.05 bits per heavy atom. The molecule has 0 amide bonds. The summed E-state index contributed by atoms with van der Waals surface area (Å²) in [6.07, 6.45) is 1.93. The van der Waals surface area contributed by atoms with E-state index >= 15 is 0 Å². The zero-order valence-corrected chi connectivity index (χ0v) is 12.0. The minimum atomic E-state index is 0.347. The first-order valence-corrected chi connectivity index (χ1v) is 7.25. The smallest absolute Gasteiger partial charge is 0.247 e. The summed E-state index contributed by atoms with van der Waals surface area (Å²) in [7, 11) is 0.